The second-order valence-corrected chi connectivity index (χ2v) is 2.86. The number of hydrogen-bond acceptors (Lipinski definition) is 0. The van der Waals surface area contributed by atoms with Gasteiger partial charge in [0.1, 0.15) is 0 Å². The van der Waals surface area contributed by atoms with Crippen molar-refractivity contribution in [3.63, 3.8) is 0 Å². The van der Waals surface area contributed by atoms with Crippen LogP contribution in [-0.4, -0.2) is 0 Å². The zero-order valence-corrected chi connectivity index (χ0v) is 10.6. The lowest BCUT2D eigenvalue weighted by molar-refractivity contribution is 0.886. The van der Waals surface area contributed by atoms with Gasteiger partial charge in [-0.25, -0.2) is 0 Å². The highest BCUT2D eigenvalue weighted by molar-refractivity contribution is 5.11. The molecule has 0 atom stereocenters. The Kier molecular flexibility index (Phi) is 20.8. The Hall–Kier alpha value is -0.520. The summed E-state index contributed by atoms with van der Waals surface area (Å²) in [6.45, 7) is 8.00. The van der Waals surface area contributed by atoms with Crippen molar-refractivity contribution in [2.75, 3.05) is 0 Å². The number of rotatable bonds is 0. The lowest BCUT2D eigenvalue weighted by atomic mass is 10.4. The lowest BCUT2D eigenvalue weighted by Gasteiger charge is -1.67. The molecule has 0 heteroatoms. The van der Waals surface area contributed by atoms with Crippen molar-refractivity contribution in [2.24, 2.45) is 0 Å². The lowest BCUT2D eigenvalue weighted by Crippen LogP contribution is -1.47. The van der Waals surface area contributed by atoms with Gasteiger partial charge in [0.2, 0.25) is 0 Å². The maximum absolute atomic E-state index is 2.12. The minimum absolute atomic E-state index is 1.14. The Labute approximate surface area is 91.1 Å². The fourth-order valence-electron chi connectivity index (χ4n) is 1.28. The molecule has 0 saturated heterocycles. The average Bonchev–Trinajstić information content (AvgIpc) is 3.01. The molecule has 0 N–H and O–H groups in total. The largest absolute Gasteiger partial charge is 0.0808 e. The molecule has 0 unspecified atom stereocenters. The first-order valence-corrected chi connectivity index (χ1v) is 6.32. The molecule has 0 aromatic carbocycles. The van der Waals surface area contributed by atoms with Crippen molar-refractivity contribution in [1.82, 2.24) is 0 Å². The summed E-state index contributed by atoms with van der Waals surface area (Å²) in [6.07, 6.45) is 17.0. The molecule has 0 amide bonds. The van der Waals surface area contributed by atoms with Crippen LogP contribution in [0.5, 0.6) is 0 Å². The summed E-state index contributed by atoms with van der Waals surface area (Å²) in [7, 11) is 0. The first-order valence-electron chi connectivity index (χ1n) is 6.32. The summed E-state index contributed by atoms with van der Waals surface area (Å²) in [5, 5.41) is 0. The highest BCUT2D eigenvalue weighted by Crippen LogP contribution is 2.15. The Morgan fingerprint density at radius 2 is 0.857 bits per heavy atom. The summed E-state index contributed by atoms with van der Waals surface area (Å²) in [5.41, 5.74) is 0. The molecule has 84 valence electrons. The fourth-order valence-corrected chi connectivity index (χ4v) is 1.28. The molecule has 1 fully saturated rings. The molecule has 0 radical (unpaired) electrons. The normalized spacial score (nSPS) is 15.7. The molecule has 0 heterocycles. The van der Waals surface area contributed by atoms with E-state index in [0.29, 0.717) is 0 Å². The maximum atomic E-state index is 2.12. The number of allylic oxidation sites excluding steroid dienone is 4. The van der Waals surface area contributed by atoms with Crippen LogP contribution in [0.3, 0.4) is 0 Å². The van der Waals surface area contributed by atoms with Gasteiger partial charge in [-0.2, -0.15) is 0 Å². The minimum atomic E-state index is 1.14. The van der Waals surface area contributed by atoms with Gasteiger partial charge in [-0.05, 0) is 6.42 Å². The van der Waals surface area contributed by atoms with Crippen LogP contribution >= 0.6 is 0 Å². The average molecular weight is 196 g/mol. The first-order chi connectivity index (χ1) is 7.00. The van der Waals surface area contributed by atoms with Crippen molar-refractivity contribution < 1.29 is 0 Å². The second kappa shape index (κ2) is 18.3. The van der Waals surface area contributed by atoms with E-state index in [1.165, 1.54) is 32.1 Å². The molecule has 0 aliphatic heterocycles. The smallest absolute Gasteiger partial charge is 0.0163 e. The zero-order valence-electron chi connectivity index (χ0n) is 10.6. The molecule has 0 aromatic rings. The van der Waals surface area contributed by atoms with Crippen LogP contribution in [0, 0.1) is 0 Å². The highest BCUT2D eigenvalue weighted by atomic mass is 14.0. The Morgan fingerprint density at radius 3 is 1.00 bits per heavy atom. The van der Waals surface area contributed by atoms with Gasteiger partial charge in [-0.1, -0.05) is 84.1 Å². The Morgan fingerprint density at radius 1 is 0.571 bits per heavy atom. The monoisotopic (exact) mass is 196 g/mol. The van der Waals surface area contributed by atoms with Crippen molar-refractivity contribution in [2.45, 2.75) is 66.2 Å². The van der Waals surface area contributed by atoms with Gasteiger partial charge in [-0.15, -0.1) is 0 Å². The fraction of sp³-hybridized carbons (Fsp3) is 0.714. The van der Waals surface area contributed by atoms with Crippen molar-refractivity contribution >= 4 is 0 Å². The summed E-state index contributed by atoms with van der Waals surface area (Å²) in [4.78, 5) is 0. The van der Waals surface area contributed by atoms with Gasteiger partial charge >= 0.3 is 0 Å². The zero-order chi connectivity index (χ0) is 11.1. The quantitative estimate of drug-likeness (QED) is 0.479. The van der Waals surface area contributed by atoms with Gasteiger partial charge in [0, 0.05) is 0 Å². The third-order valence-corrected chi connectivity index (χ3v) is 1.91. The standard InChI is InChI=1S/C5H10.C5H6.2C2H6/c2*1-2-4-5-3-1;2*1-2/h1-5H2;1-4H,5H2;2*1-2H3. The van der Waals surface area contributed by atoms with Crippen LogP contribution in [-0.2, 0) is 0 Å². The molecular weight excluding hydrogens is 168 g/mol. The molecule has 2 aliphatic rings. The van der Waals surface area contributed by atoms with E-state index in [1.54, 1.807) is 0 Å². The third kappa shape index (κ3) is 14.0. The van der Waals surface area contributed by atoms with E-state index in [0.717, 1.165) is 6.42 Å². The summed E-state index contributed by atoms with van der Waals surface area (Å²) in [6, 6.07) is 0. The van der Waals surface area contributed by atoms with Gasteiger partial charge in [0.15, 0.2) is 0 Å². The van der Waals surface area contributed by atoms with Gasteiger partial charge < -0.3 is 0 Å². The van der Waals surface area contributed by atoms with E-state index in [2.05, 4.69) is 24.3 Å². The van der Waals surface area contributed by atoms with Crippen LogP contribution < -0.4 is 0 Å². The SMILES string of the molecule is C1=CCC=C1.C1CCCC1.CC.CC. The molecule has 2 rings (SSSR count). The first kappa shape index (κ1) is 15.9. The molecule has 0 nitrogen and oxygen atoms in total. The molecular formula is C14H28. The topological polar surface area (TPSA) is 0 Å². The Balaban J connectivity index is 0. The molecule has 0 aromatic heterocycles. The summed E-state index contributed by atoms with van der Waals surface area (Å²) >= 11 is 0. The van der Waals surface area contributed by atoms with Crippen LogP contribution in [0.15, 0.2) is 24.3 Å². The summed E-state index contributed by atoms with van der Waals surface area (Å²) < 4.78 is 0. The van der Waals surface area contributed by atoms with Crippen molar-refractivity contribution in [3.05, 3.63) is 24.3 Å². The van der Waals surface area contributed by atoms with E-state index in [9.17, 15) is 0 Å². The van der Waals surface area contributed by atoms with E-state index < -0.39 is 0 Å². The molecule has 1 saturated carbocycles. The molecule has 2 aliphatic carbocycles. The van der Waals surface area contributed by atoms with Crippen molar-refractivity contribution in [3.8, 4) is 0 Å². The number of hydrogen-bond donors (Lipinski definition) is 0. The van der Waals surface area contributed by atoms with Crippen LogP contribution in [0.2, 0.25) is 0 Å². The van der Waals surface area contributed by atoms with Crippen LogP contribution in [0.25, 0.3) is 0 Å². The molecule has 0 bridgehead atoms. The van der Waals surface area contributed by atoms with Gasteiger partial charge in [-0.3, -0.25) is 0 Å². The van der Waals surface area contributed by atoms with E-state index in [1.807, 2.05) is 27.7 Å². The van der Waals surface area contributed by atoms with E-state index in [4.69, 9.17) is 0 Å². The third-order valence-electron chi connectivity index (χ3n) is 1.91. The molecule has 0 spiro atoms. The highest BCUT2D eigenvalue weighted by Gasteiger charge is 1.95. The van der Waals surface area contributed by atoms with Gasteiger partial charge in [0.05, 0.1) is 0 Å². The predicted molar refractivity (Wildman–Crippen MR) is 68.7 cm³/mol. The van der Waals surface area contributed by atoms with E-state index >= 15 is 0 Å². The van der Waals surface area contributed by atoms with Gasteiger partial charge in [0.25, 0.3) is 0 Å². The van der Waals surface area contributed by atoms with Crippen LogP contribution in [0.4, 0.5) is 0 Å². The predicted octanol–water partition coefficient (Wildman–Crippen LogP) is 5.51. The second-order valence-electron chi connectivity index (χ2n) is 2.86. The Bertz CT molecular complexity index is 98.4. The maximum Gasteiger partial charge on any atom is -0.0163 e. The van der Waals surface area contributed by atoms with Crippen LogP contribution in [0.1, 0.15) is 66.2 Å². The molecule has 14 heavy (non-hydrogen) atoms. The summed E-state index contributed by atoms with van der Waals surface area (Å²) in [5.74, 6) is 0. The minimum Gasteiger partial charge on any atom is -0.0808 e. The van der Waals surface area contributed by atoms with E-state index in [-0.39, 0.29) is 0 Å². The van der Waals surface area contributed by atoms with Crippen molar-refractivity contribution in [1.29, 1.82) is 0 Å².